The summed E-state index contributed by atoms with van der Waals surface area (Å²) in [5.41, 5.74) is 2.51. The van der Waals surface area contributed by atoms with Crippen molar-refractivity contribution in [3.8, 4) is 0 Å². The molecule has 1 heterocycles. The predicted octanol–water partition coefficient (Wildman–Crippen LogP) is 3.54. The molecular weight excluding hydrogens is 250 g/mol. The van der Waals surface area contributed by atoms with E-state index in [2.05, 4.69) is 36.5 Å². The molecule has 0 bridgehead atoms. The minimum absolute atomic E-state index is 0.631. The summed E-state index contributed by atoms with van der Waals surface area (Å²) in [7, 11) is 0. The summed E-state index contributed by atoms with van der Waals surface area (Å²) >= 11 is 0. The quantitative estimate of drug-likeness (QED) is 0.710. The number of hydrogen-bond acceptors (Lipinski definition) is 3. The number of aryl methyl sites for hydroxylation is 1. The summed E-state index contributed by atoms with van der Waals surface area (Å²) < 4.78 is 11.2. The summed E-state index contributed by atoms with van der Waals surface area (Å²) in [6.07, 6.45) is 3.84. The number of benzene rings is 1. The first-order valence-corrected chi connectivity index (χ1v) is 7.27. The second-order valence-electron chi connectivity index (χ2n) is 4.79. The molecule has 1 aromatic carbocycles. The van der Waals surface area contributed by atoms with E-state index in [1.54, 1.807) is 6.26 Å². The second-order valence-corrected chi connectivity index (χ2v) is 4.79. The standard InChI is InChI=1S/C17H23NO2/c1-2-18-13-17-16(10-12-20-17)14-19-11-6-9-15-7-4-3-5-8-15/h3-5,7-8,10,12,18H,2,6,9,11,13-14H2,1H3. The molecule has 108 valence electrons. The van der Waals surface area contributed by atoms with Crippen LogP contribution in [0, 0.1) is 0 Å². The van der Waals surface area contributed by atoms with Crippen molar-refractivity contribution in [1.29, 1.82) is 0 Å². The smallest absolute Gasteiger partial charge is 0.123 e. The maximum Gasteiger partial charge on any atom is 0.123 e. The van der Waals surface area contributed by atoms with Crippen LogP contribution >= 0.6 is 0 Å². The predicted molar refractivity (Wildman–Crippen MR) is 80.5 cm³/mol. The highest BCUT2D eigenvalue weighted by molar-refractivity contribution is 5.16. The van der Waals surface area contributed by atoms with Gasteiger partial charge in [0.25, 0.3) is 0 Å². The first-order chi connectivity index (χ1) is 9.90. The highest BCUT2D eigenvalue weighted by Crippen LogP contribution is 2.12. The second kappa shape index (κ2) is 8.56. The van der Waals surface area contributed by atoms with Gasteiger partial charge in [0.15, 0.2) is 0 Å². The van der Waals surface area contributed by atoms with Gasteiger partial charge in [0, 0.05) is 12.2 Å². The zero-order valence-electron chi connectivity index (χ0n) is 12.1. The average Bonchev–Trinajstić information content (AvgIpc) is 2.93. The molecule has 0 saturated heterocycles. The van der Waals surface area contributed by atoms with E-state index >= 15 is 0 Å². The molecule has 3 nitrogen and oxygen atoms in total. The topological polar surface area (TPSA) is 34.4 Å². The molecule has 2 rings (SSSR count). The Kier molecular flexibility index (Phi) is 6.35. The minimum Gasteiger partial charge on any atom is -0.468 e. The van der Waals surface area contributed by atoms with Crippen molar-refractivity contribution in [1.82, 2.24) is 5.32 Å². The molecule has 1 aromatic heterocycles. The average molecular weight is 273 g/mol. The van der Waals surface area contributed by atoms with Crippen molar-refractivity contribution in [2.45, 2.75) is 32.9 Å². The van der Waals surface area contributed by atoms with Crippen LogP contribution in [0.1, 0.15) is 30.2 Å². The third kappa shape index (κ3) is 4.83. The van der Waals surface area contributed by atoms with Crippen molar-refractivity contribution >= 4 is 0 Å². The molecular formula is C17H23NO2. The number of furan rings is 1. The van der Waals surface area contributed by atoms with E-state index < -0.39 is 0 Å². The lowest BCUT2D eigenvalue weighted by molar-refractivity contribution is 0.117. The Bertz CT molecular complexity index is 479. The van der Waals surface area contributed by atoms with Crippen molar-refractivity contribution in [2.24, 2.45) is 0 Å². The molecule has 1 N–H and O–H groups in total. The van der Waals surface area contributed by atoms with Gasteiger partial charge >= 0.3 is 0 Å². The molecule has 20 heavy (non-hydrogen) atoms. The van der Waals surface area contributed by atoms with Crippen LogP contribution in [0.25, 0.3) is 0 Å². The van der Waals surface area contributed by atoms with E-state index in [0.29, 0.717) is 6.61 Å². The van der Waals surface area contributed by atoms with E-state index in [4.69, 9.17) is 9.15 Å². The fourth-order valence-electron chi connectivity index (χ4n) is 2.09. The van der Waals surface area contributed by atoms with Gasteiger partial charge in [-0.2, -0.15) is 0 Å². The Morgan fingerprint density at radius 1 is 1.15 bits per heavy atom. The van der Waals surface area contributed by atoms with Crippen LogP contribution in [0.2, 0.25) is 0 Å². The highest BCUT2D eigenvalue weighted by Gasteiger charge is 2.05. The van der Waals surface area contributed by atoms with E-state index in [0.717, 1.165) is 43.9 Å². The molecule has 0 saturated carbocycles. The molecule has 0 spiro atoms. The van der Waals surface area contributed by atoms with E-state index in [-0.39, 0.29) is 0 Å². The van der Waals surface area contributed by atoms with Crippen LogP contribution in [0.3, 0.4) is 0 Å². The highest BCUT2D eigenvalue weighted by atomic mass is 16.5. The van der Waals surface area contributed by atoms with Gasteiger partial charge < -0.3 is 14.5 Å². The monoisotopic (exact) mass is 273 g/mol. The summed E-state index contributed by atoms with van der Waals surface area (Å²) in [5, 5.41) is 3.26. The lowest BCUT2D eigenvalue weighted by Gasteiger charge is -2.05. The van der Waals surface area contributed by atoms with Crippen molar-refractivity contribution in [3.05, 3.63) is 59.5 Å². The molecule has 0 amide bonds. The molecule has 0 unspecified atom stereocenters. The summed E-state index contributed by atoms with van der Waals surface area (Å²) in [5.74, 6) is 0.981. The molecule has 0 atom stereocenters. The summed E-state index contributed by atoms with van der Waals surface area (Å²) in [6.45, 7) is 5.21. The summed E-state index contributed by atoms with van der Waals surface area (Å²) in [6, 6.07) is 12.5. The van der Waals surface area contributed by atoms with Crippen molar-refractivity contribution in [2.75, 3.05) is 13.2 Å². The van der Waals surface area contributed by atoms with Crippen LogP contribution in [-0.4, -0.2) is 13.2 Å². The number of ether oxygens (including phenoxy) is 1. The van der Waals surface area contributed by atoms with Crippen LogP contribution < -0.4 is 5.32 Å². The first kappa shape index (κ1) is 14.8. The van der Waals surface area contributed by atoms with Crippen molar-refractivity contribution in [3.63, 3.8) is 0 Å². The zero-order chi connectivity index (χ0) is 14.0. The van der Waals surface area contributed by atoms with Gasteiger partial charge in [-0.1, -0.05) is 37.3 Å². The van der Waals surface area contributed by atoms with Gasteiger partial charge in [-0.15, -0.1) is 0 Å². The Morgan fingerprint density at radius 3 is 2.80 bits per heavy atom. The summed E-state index contributed by atoms with van der Waals surface area (Å²) in [4.78, 5) is 0. The van der Waals surface area contributed by atoms with Gasteiger partial charge in [-0.25, -0.2) is 0 Å². The lowest BCUT2D eigenvalue weighted by Crippen LogP contribution is -2.12. The molecule has 3 heteroatoms. The van der Waals surface area contributed by atoms with Crippen LogP contribution in [-0.2, 0) is 24.3 Å². The molecule has 0 aliphatic rings. The van der Waals surface area contributed by atoms with Gasteiger partial charge in [0.2, 0.25) is 0 Å². The third-order valence-electron chi connectivity index (χ3n) is 3.23. The Balaban J connectivity index is 1.65. The minimum atomic E-state index is 0.631. The normalized spacial score (nSPS) is 10.8. The maximum atomic E-state index is 5.73. The van der Waals surface area contributed by atoms with E-state index in [9.17, 15) is 0 Å². The number of rotatable bonds is 9. The molecule has 0 fully saturated rings. The van der Waals surface area contributed by atoms with Gasteiger partial charge in [0.1, 0.15) is 5.76 Å². The van der Waals surface area contributed by atoms with Gasteiger partial charge in [-0.05, 0) is 31.0 Å². The Hall–Kier alpha value is -1.58. The number of hydrogen-bond donors (Lipinski definition) is 1. The fraction of sp³-hybridized carbons (Fsp3) is 0.412. The van der Waals surface area contributed by atoms with Crippen LogP contribution in [0.15, 0.2) is 47.1 Å². The third-order valence-corrected chi connectivity index (χ3v) is 3.23. The Morgan fingerprint density at radius 2 is 2.00 bits per heavy atom. The van der Waals surface area contributed by atoms with Crippen LogP contribution in [0.4, 0.5) is 0 Å². The van der Waals surface area contributed by atoms with Gasteiger partial charge in [0.05, 0.1) is 19.4 Å². The molecule has 0 aliphatic heterocycles. The molecule has 0 aliphatic carbocycles. The zero-order valence-corrected chi connectivity index (χ0v) is 12.1. The lowest BCUT2D eigenvalue weighted by atomic mass is 10.1. The van der Waals surface area contributed by atoms with Crippen molar-refractivity contribution < 1.29 is 9.15 Å². The SMILES string of the molecule is CCNCc1occc1COCCCc1ccccc1. The molecule has 0 radical (unpaired) electrons. The largest absolute Gasteiger partial charge is 0.468 e. The van der Waals surface area contributed by atoms with E-state index in [1.165, 1.54) is 5.56 Å². The van der Waals surface area contributed by atoms with E-state index in [1.807, 2.05) is 12.1 Å². The van der Waals surface area contributed by atoms with Gasteiger partial charge in [-0.3, -0.25) is 0 Å². The maximum absolute atomic E-state index is 5.73. The number of nitrogens with one attached hydrogen (secondary N) is 1. The molecule has 2 aromatic rings. The first-order valence-electron chi connectivity index (χ1n) is 7.27. The van der Waals surface area contributed by atoms with Crippen LogP contribution in [0.5, 0.6) is 0 Å². The Labute approximate surface area is 121 Å². The fourth-order valence-corrected chi connectivity index (χ4v) is 2.09.